The molecule has 1 amide bonds. The number of piperidine rings is 1. The Morgan fingerprint density at radius 1 is 0.952 bits per heavy atom. The van der Waals surface area contributed by atoms with E-state index in [1.54, 1.807) is 0 Å². The summed E-state index contributed by atoms with van der Waals surface area (Å²) >= 11 is 3.89. The number of rotatable bonds is 6. The third kappa shape index (κ3) is 6.73. The minimum atomic E-state index is 0.00451. The monoisotopic (exact) mass is 647 g/mol. The number of halogens is 1. The number of nitrogens with two attached hydrogens (primary N) is 1. The summed E-state index contributed by atoms with van der Waals surface area (Å²) in [5.41, 5.74) is 10.7. The largest absolute Gasteiger partial charge is 0.339 e. The molecule has 9 unspecified atom stereocenters. The first kappa shape index (κ1) is 32.6. The van der Waals surface area contributed by atoms with Crippen LogP contribution in [-0.2, 0) is 9.59 Å². The van der Waals surface area contributed by atoms with Crippen LogP contribution in [-0.4, -0.2) is 76.3 Å². The Morgan fingerprint density at radius 2 is 1.62 bits per heavy atom. The Balaban J connectivity index is 0.000000652. The molecule has 4 aliphatic carbocycles. The van der Waals surface area contributed by atoms with Crippen LogP contribution in [0.25, 0.3) is 0 Å². The molecule has 2 heterocycles. The summed E-state index contributed by atoms with van der Waals surface area (Å²) < 4.78 is 0. The Hall–Kier alpha value is -0.800. The van der Waals surface area contributed by atoms with Crippen LogP contribution >= 0.6 is 15.9 Å². The number of hydrazine groups is 1. The second kappa shape index (κ2) is 14.5. The lowest BCUT2D eigenvalue weighted by atomic mass is 9.69. The number of likely N-dealkylation sites (tertiary alicyclic amines) is 1. The van der Waals surface area contributed by atoms with Crippen LogP contribution in [0.4, 0.5) is 0 Å². The molecule has 0 aromatic heterocycles. The predicted molar refractivity (Wildman–Crippen MR) is 174 cm³/mol. The van der Waals surface area contributed by atoms with Gasteiger partial charge in [0.15, 0.2) is 5.78 Å². The molecule has 0 aromatic rings. The number of nitrogens with one attached hydrogen (secondary N) is 2. The van der Waals surface area contributed by atoms with Crippen LogP contribution in [0.5, 0.6) is 0 Å². The summed E-state index contributed by atoms with van der Waals surface area (Å²) in [6.45, 7) is 7.71. The molecule has 0 radical (unpaired) electrons. The third-order valence-corrected chi connectivity index (χ3v) is 13.2. The van der Waals surface area contributed by atoms with E-state index in [-0.39, 0.29) is 29.7 Å². The second-order valence-electron chi connectivity index (χ2n) is 14.5. The number of hydrogen-bond donors (Lipinski definition) is 3. The average molecular weight is 649 g/mol. The van der Waals surface area contributed by atoms with Gasteiger partial charge < -0.3 is 16.0 Å². The minimum Gasteiger partial charge on any atom is -0.339 e. The van der Waals surface area contributed by atoms with Gasteiger partial charge in [0, 0.05) is 65.4 Å². The summed E-state index contributed by atoms with van der Waals surface area (Å²) in [7, 11) is 2.03. The van der Waals surface area contributed by atoms with Gasteiger partial charge >= 0.3 is 0 Å². The number of amides is 1. The topological polar surface area (TPSA) is 90.7 Å². The Kier molecular flexibility index (Phi) is 11.3. The van der Waals surface area contributed by atoms with Crippen molar-refractivity contribution < 1.29 is 9.59 Å². The van der Waals surface area contributed by atoms with E-state index < -0.39 is 0 Å². The zero-order chi connectivity index (χ0) is 30.0. The molecule has 6 rings (SSSR count). The highest BCUT2D eigenvalue weighted by atomic mass is 79.9. The van der Waals surface area contributed by atoms with E-state index >= 15 is 0 Å². The molecule has 2 aliphatic heterocycles. The van der Waals surface area contributed by atoms with Gasteiger partial charge in [0.1, 0.15) is 0 Å². The van der Waals surface area contributed by atoms with Gasteiger partial charge in [0.25, 0.3) is 0 Å². The maximum atomic E-state index is 14.3. The van der Waals surface area contributed by atoms with Gasteiger partial charge in [0.05, 0.1) is 0 Å². The van der Waals surface area contributed by atoms with E-state index in [1.807, 2.05) is 7.05 Å². The molecule has 7 nitrogen and oxygen atoms in total. The lowest BCUT2D eigenvalue weighted by Gasteiger charge is -2.50. The van der Waals surface area contributed by atoms with Gasteiger partial charge in [-0.3, -0.25) is 15.0 Å². The van der Waals surface area contributed by atoms with E-state index in [4.69, 9.17) is 5.73 Å². The van der Waals surface area contributed by atoms with Crippen LogP contribution in [0.1, 0.15) is 104 Å². The number of alkyl halides is 1. The minimum absolute atomic E-state index is 0.00451. The quantitative estimate of drug-likeness (QED) is 0.272. The smallest absolute Gasteiger partial charge is 0.226 e. The van der Waals surface area contributed by atoms with Crippen molar-refractivity contribution in [1.82, 2.24) is 20.7 Å². The van der Waals surface area contributed by atoms with E-state index in [9.17, 15) is 9.59 Å². The second-order valence-corrected chi connectivity index (χ2v) is 15.7. The standard InChI is InChI=1S/C30H52BrN5O.C4H6O/c1-18(32)27-22(14-15-23(31)29(27)33-2)30(37)35-17-16-26-28-24(8-3-4-9-25(28)35)34-36(26)21-12-10-20(11-13-21)19-6-5-7-19;1-3-4(2)5/h18-29,33-34H,3-17,32H2,1-2H3;3H,1H2,2H3. The van der Waals surface area contributed by atoms with Crippen LogP contribution < -0.4 is 16.5 Å². The number of carbonyl (C=O) groups is 2. The number of carbonyl (C=O) groups excluding carboxylic acids is 2. The Labute approximate surface area is 263 Å². The molecule has 9 atom stereocenters. The van der Waals surface area contributed by atoms with Crippen molar-refractivity contribution in [3.8, 4) is 0 Å². The maximum absolute atomic E-state index is 14.3. The number of ketones is 1. The predicted octanol–water partition coefficient (Wildman–Crippen LogP) is 5.18. The highest BCUT2D eigenvalue weighted by Crippen LogP contribution is 2.47. The first-order valence-corrected chi connectivity index (χ1v) is 18.2. The highest BCUT2D eigenvalue weighted by molar-refractivity contribution is 9.09. The molecule has 6 fully saturated rings. The molecule has 4 saturated carbocycles. The number of nitrogens with zero attached hydrogens (tertiary/aromatic N) is 2. The lowest BCUT2D eigenvalue weighted by molar-refractivity contribution is -0.146. The molecule has 0 bridgehead atoms. The van der Waals surface area contributed by atoms with Crippen molar-refractivity contribution in [2.24, 2.45) is 35.3 Å². The van der Waals surface area contributed by atoms with Gasteiger partial charge in [0.2, 0.25) is 5.91 Å². The fraction of sp³-hybridized carbons (Fsp3) is 0.882. The summed E-state index contributed by atoms with van der Waals surface area (Å²) in [6.07, 6.45) is 19.5. The first-order chi connectivity index (χ1) is 20.2. The van der Waals surface area contributed by atoms with E-state index in [0.717, 1.165) is 37.6 Å². The lowest BCUT2D eigenvalue weighted by Crippen LogP contribution is -2.61. The van der Waals surface area contributed by atoms with E-state index in [2.05, 4.69) is 50.1 Å². The zero-order valence-electron chi connectivity index (χ0n) is 26.5. The molecule has 6 aliphatic rings. The molecular weight excluding hydrogens is 590 g/mol. The molecule has 8 heteroatoms. The molecular formula is C34H58BrN5O2. The van der Waals surface area contributed by atoms with E-state index in [1.165, 1.54) is 83.6 Å². The average Bonchev–Trinajstić information content (AvgIpc) is 3.19. The van der Waals surface area contributed by atoms with Crippen LogP contribution in [0.2, 0.25) is 0 Å². The third-order valence-electron chi connectivity index (χ3n) is 12.2. The van der Waals surface area contributed by atoms with Crippen LogP contribution in [0.3, 0.4) is 0 Å². The first-order valence-electron chi connectivity index (χ1n) is 17.3. The normalized spacial score (nSPS) is 41.4. The van der Waals surface area contributed by atoms with Gasteiger partial charge in [-0.2, -0.15) is 0 Å². The van der Waals surface area contributed by atoms with Crippen LogP contribution in [0, 0.1) is 29.6 Å². The van der Waals surface area contributed by atoms with Crippen molar-refractivity contribution in [3.05, 3.63) is 12.7 Å². The van der Waals surface area contributed by atoms with E-state index in [0.29, 0.717) is 40.8 Å². The summed E-state index contributed by atoms with van der Waals surface area (Å²) in [6, 6.07) is 2.50. The zero-order valence-corrected chi connectivity index (χ0v) is 28.1. The summed E-state index contributed by atoms with van der Waals surface area (Å²) in [4.78, 5) is 26.8. The van der Waals surface area contributed by atoms with Gasteiger partial charge in [-0.1, -0.05) is 54.6 Å². The van der Waals surface area contributed by atoms with Crippen molar-refractivity contribution in [3.63, 3.8) is 0 Å². The van der Waals surface area contributed by atoms with Crippen molar-refractivity contribution in [2.45, 2.75) is 145 Å². The Bertz CT molecular complexity index is 935. The van der Waals surface area contributed by atoms with Crippen molar-refractivity contribution in [1.29, 1.82) is 0 Å². The SMILES string of the molecule is C=CC(C)=O.CNC1C(Br)CCC(C(=O)N2CCC3C4C(CCCCC42)NN3C2CCC(C3CCC3)CC2)C1C(C)N. The fourth-order valence-corrected chi connectivity index (χ4v) is 10.7. The summed E-state index contributed by atoms with van der Waals surface area (Å²) in [5, 5.41) is 6.26. The van der Waals surface area contributed by atoms with Gasteiger partial charge in [-0.25, -0.2) is 5.01 Å². The molecule has 238 valence electrons. The molecule has 4 N–H and O–H groups in total. The van der Waals surface area contributed by atoms with Crippen LogP contribution in [0.15, 0.2) is 12.7 Å². The maximum Gasteiger partial charge on any atom is 0.226 e. The summed E-state index contributed by atoms with van der Waals surface area (Å²) in [5.74, 6) is 3.27. The molecule has 2 saturated heterocycles. The number of allylic oxidation sites excluding steroid dienone is 1. The molecule has 0 aromatic carbocycles. The highest BCUT2D eigenvalue weighted by Gasteiger charge is 2.54. The van der Waals surface area contributed by atoms with Gasteiger partial charge in [-0.15, -0.1) is 0 Å². The molecule has 42 heavy (non-hydrogen) atoms. The Morgan fingerprint density at radius 3 is 2.21 bits per heavy atom. The fourth-order valence-electron chi connectivity index (χ4n) is 9.83. The van der Waals surface area contributed by atoms with Crippen molar-refractivity contribution >= 4 is 27.6 Å². The van der Waals surface area contributed by atoms with Gasteiger partial charge in [-0.05, 0) is 96.6 Å². The molecule has 0 spiro atoms. The van der Waals surface area contributed by atoms with Crippen molar-refractivity contribution in [2.75, 3.05) is 13.6 Å². The number of hydrogen-bond acceptors (Lipinski definition) is 6.